The molecule has 6 heteroatoms. The fourth-order valence-corrected chi connectivity index (χ4v) is 5.17. The van der Waals surface area contributed by atoms with Crippen molar-refractivity contribution in [3.05, 3.63) is 36.5 Å². The third-order valence-corrected chi connectivity index (χ3v) is 6.31. The van der Waals surface area contributed by atoms with Crippen LogP contribution >= 0.6 is 11.6 Å². The van der Waals surface area contributed by atoms with Crippen LogP contribution in [-0.2, 0) is 10.0 Å². The lowest BCUT2D eigenvalue weighted by Crippen LogP contribution is -2.44. The Balaban J connectivity index is 2.12. The monoisotopic (exact) mass is 324 g/mol. The Morgan fingerprint density at radius 2 is 2.10 bits per heavy atom. The number of aromatic nitrogens is 1. The number of halogens is 1. The first kappa shape index (κ1) is 14.8. The van der Waals surface area contributed by atoms with E-state index in [2.05, 4.69) is 4.98 Å². The van der Waals surface area contributed by atoms with Gasteiger partial charge in [-0.25, -0.2) is 8.42 Å². The summed E-state index contributed by atoms with van der Waals surface area (Å²) >= 11 is 5.97. The normalized spacial score (nSPS) is 20.7. The molecule has 3 rings (SSSR count). The first-order valence-corrected chi connectivity index (χ1v) is 9.03. The maximum absolute atomic E-state index is 13.0. The topological polar surface area (TPSA) is 50.3 Å². The highest BCUT2D eigenvalue weighted by Crippen LogP contribution is 2.29. The molecule has 0 amide bonds. The maximum Gasteiger partial charge on any atom is 0.244 e. The Kier molecular flexibility index (Phi) is 4.15. The van der Waals surface area contributed by atoms with E-state index in [1.807, 2.05) is 6.07 Å². The minimum atomic E-state index is -3.54. The number of hydrogen-bond acceptors (Lipinski definition) is 3. The van der Waals surface area contributed by atoms with Crippen molar-refractivity contribution in [1.82, 2.24) is 9.29 Å². The van der Waals surface area contributed by atoms with Crippen molar-refractivity contribution in [2.75, 3.05) is 12.4 Å². The molecule has 2 aromatic rings. The van der Waals surface area contributed by atoms with Gasteiger partial charge in [0.25, 0.3) is 0 Å². The van der Waals surface area contributed by atoms with Crippen molar-refractivity contribution in [2.24, 2.45) is 0 Å². The van der Waals surface area contributed by atoms with E-state index in [9.17, 15) is 8.42 Å². The Morgan fingerprint density at radius 1 is 1.24 bits per heavy atom. The van der Waals surface area contributed by atoms with Gasteiger partial charge in [0.15, 0.2) is 0 Å². The minimum Gasteiger partial charge on any atom is -0.256 e. The van der Waals surface area contributed by atoms with Crippen molar-refractivity contribution in [1.29, 1.82) is 0 Å². The second kappa shape index (κ2) is 5.91. The summed E-state index contributed by atoms with van der Waals surface area (Å²) in [5, 5.41) is 0.666. The number of sulfonamides is 1. The third-order valence-electron chi connectivity index (χ3n) is 3.94. The lowest BCUT2D eigenvalue weighted by molar-refractivity contribution is 0.271. The molecule has 21 heavy (non-hydrogen) atoms. The zero-order valence-electron chi connectivity index (χ0n) is 11.6. The summed E-state index contributed by atoms with van der Waals surface area (Å²) in [6.07, 6.45) is 4.41. The summed E-state index contributed by atoms with van der Waals surface area (Å²) < 4.78 is 27.6. The van der Waals surface area contributed by atoms with Crippen LogP contribution in [0.1, 0.15) is 19.3 Å². The molecule has 1 saturated heterocycles. The van der Waals surface area contributed by atoms with Gasteiger partial charge < -0.3 is 0 Å². The summed E-state index contributed by atoms with van der Waals surface area (Å²) in [5.41, 5.74) is 0.693. The van der Waals surface area contributed by atoms with Gasteiger partial charge in [-0.2, -0.15) is 4.31 Å². The molecule has 0 aliphatic carbocycles. The van der Waals surface area contributed by atoms with E-state index in [4.69, 9.17) is 11.6 Å². The SMILES string of the molecule is O=S(=O)(c1cccc2ncccc12)N1CCCCC1CCl. The highest BCUT2D eigenvalue weighted by atomic mass is 35.5. The fraction of sp³-hybridized carbons (Fsp3) is 0.400. The van der Waals surface area contributed by atoms with Crippen LogP contribution in [0.3, 0.4) is 0 Å². The van der Waals surface area contributed by atoms with E-state index in [-0.39, 0.29) is 6.04 Å². The van der Waals surface area contributed by atoms with E-state index in [1.54, 1.807) is 34.8 Å². The van der Waals surface area contributed by atoms with Crippen molar-refractivity contribution < 1.29 is 8.42 Å². The fourth-order valence-electron chi connectivity index (χ4n) is 2.87. The van der Waals surface area contributed by atoms with Gasteiger partial charge in [0, 0.05) is 30.0 Å². The lowest BCUT2D eigenvalue weighted by atomic mass is 10.1. The average Bonchev–Trinajstić information content (AvgIpc) is 2.54. The number of pyridine rings is 1. The van der Waals surface area contributed by atoms with E-state index >= 15 is 0 Å². The number of alkyl halides is 1. The van der Waals surface area contributed by atoms with Crippen LogP contribution in [0.2, 0.25) is 0 Å². The van der Waals surface area contributed by atoms with Crippen LogP contribution in [0.25, 0.3) is 10.9 Å². The molecule has 1 fully saturated rings. The molecule has 112 valence electrons. The number of benzene rings is 1. The molecule has 0 radical (unpaired) electrons. The summed E-state index contributed by atoms with van der Waals surface area (Å²) in [6.45, 7) is 0.538. The summed E-state index contributed by atoms with van der Waals surface area (Å²) in [5.74, 6) is 0.336. The lowest BCUT2D eigenvalue weighted by Gasteiger charge is -2.33. The molecular formula is C15H17ClN2O2S. The average molecular weight is 325 g/mol. The van der Waals surface area contributed by atoms with Gasteiger partial charge >= 0.3 is 0 Å². The standard InChI is InChI=1S/C15H17ClN2O2S/c16-11-12-5-1-2-10-18(12)21(19,20)15-8-3-7-14-13(15)6-4-9-17-14/h3-4,6-9,12H,1-2,5,10-11H2. The van der Waals surface area contributed by atoms with Crippen LogP contribution in [0.15, 0.2) is 41.4 Å². The number of hydrogen-bond donors (Lipinski definition) is 0. The summed E-state index contributed by atoms with van der Waals surface area (Å²) in [6, 6.07) is 8.66. The Labute approximate surface area is 129 Å². The highest BCUT2D eigenvalue weighted by Gasteiger charge is 2.33. The molecule has 0 spiro atoms. The predicted octanol–water partition coefficient (Wildman–Crippen LogP) is 3.02. The van der Waals surface area contributed by atoms with Crippen molar-refractivity contribution >= 4 is 32.5 Å². The Morgan fingerprint density at radius 3 is 2.90 bits per heavy atom. The number of rotatable bonds is 3. The molecule has 0 N–H and O–H groups in total. The Hall–Kier alpha value is -1.17. The van der Waals surface area contributed by atoms with Crippen molar-refractivity contribution in [3.63, 3.8) is 0 Å². The van der Waals surface area contributed by atoms with Crippen LogP contribution in [0.4, 0.5) is 0 Å². The highest BCUT2D eigenvalue weighted by molar-refractivity contribution is 7.89. The van der Waals surface area contributed by atoms with Crippen LogP contribution < -0.4 is 0 Å². The molecule has 4 nitrogen and oxygen atoms in total. The van der Waals surface area contributed by atoms with Crippen LogP contribution in [0.5, 0.6) is 0 Å². The molecule has 1 aromatic heterocycles. The van der Waals surface area contributed by atoms with E-state index in [0.29, 0.717) is 28.2 Å². The Bertz CT molecular complexity index is 743. The van der Waals surface area contributed by atoms with Crippen LogP contribution in [0, 0.1) is 0 Å². The molecule has 1 aliphatic heterocycles. The molecule has 0 bridgehead atoms. The van der Waals surface area contributed by atoms with E-state index in [1.165, 1.54) is 0 Å². The second-order valence-electron chi connectivity index (χ2n) is 5.25. The first-order valence-electron chi connectivity index (χ1n) is 7.06. The molecule has 1 unspecified atom stereocenters. The summed E-state index contributed by atoms with van der Waals surface area (Å²) in [4.78, 5) is 4.55. The predicted molar refractivity (Wildman–Crippen MR) is 84.0 cm³/mol. The molecule has 0 saturated carbocycles. The number of piperidine rings is 1. The smallest absolute Gasteiger partial charge is 0.244 e. The maximum atomic E-state index is 13.0. The van der Waals surface area contributed by atoms with Gasteiger partial charge in [0.2, 0.25) is 10.0 Å². The van der Waals surface area contributed by atoms with Gasteiger partial charge in [0.05, 0.1) is 10.4 Å². The van der Waals surface area contributed by atoms with Gasteiger partial charge in [-0.1, -0.05) is 12.5 Å². The van der Waals surface area contributed by atoms with Crippen molar-refractivity contribution in [2.45, 2.75) is 30.2 Å². The largest absolute Gasteiger partial charge is 0.256 e. The third kappa shape index (κ3) is 2.65. The zero-order chi connectivity index (χ0) is 14.9. The van der Waals surface area contributed by atoms with Crippen LogP contribution in [-0.4, -0.2) is 36.2 Å². The molecule has 1 aromatic carbocycles. The molecule has 1 aliphatic rings. The molecule has 1 atom stereocenters. The zero-order valence-corrected chi connectivity index (χ0v) is 13.1. The molecule has 2 heterocycles. The van der Waals surface area contributed by atoms with Gasteiger partial charge in [-0.3, -0.25) is 4.98 Å². The molecular weight excluding hydrogens is 308 g/mol. The first-order chi connectivity index (χ1) is 10.1. The van der Waals surface area contributed by atoms with Gasteiger partial charge in [-0.05, 0) is 37.1 Å². The summed E-state index contributed by atoms with van der Waals surface area (Å²) in [7, 11) is -3.54. The number of fused-ring (bicyclic) bond motifs is 1. The van der Waals surface area contributed by atoms with Crippen molar-refractivity contribution in [3.8, 4) is 0 Å². The minimum absolute atomic E-state index is 0.114. The van der Waals surface area contributed by atoms with E-state index in [0.717, 1.165) is 19.3 Å². The van der Waals surface area contributed by atoms with Gasteiger partial charge in [0.1, 0.15) is 0 Å². The number of nitrogens with zero attached hydrogens (tertiary/aromatic N) is 2. The van der Waals surface area contributed by atoms with E-state index < -0.39 is 10.0 Å². The second-order valence-corrected chi connectivity index (χ2v) is 7.41. The quantitative estimate of drug-likeness (QED) is 0.815. The van der Waals surface area contributed by atoms with Gasteiger partial charge in [-0.15, -0.1) is 11.6 Å².